The number of methoxy groups -OCH3 is 2. The van der Waals surface area contributed by atoms with Gasteiger partial charge in [-0.05, 0) is 18.2 Å². The zero-order valence-electron chi connectivity index (χ0n) is 12.9. The van der Waals surface area contributed by atoms with E-state index in [-0.39, 0.29) is 10.9 Å². The molecule has 1 aromatic heterocycles. The lowest BCUT2D eigenvalue weighted by Crippen LogP contribution is -2.25. The zero-order valence-corrected chi connectivity index (χ0v) is 13.8. The van der Waals surface area contributed by atoms with Gasteiger partial charge in [-0.3, -0.25) is 14.9 Å². The van der Waals surface area contributed by atoms with Crippen molar-refractivity contribution in [2.75, 3.05) is 21.3 Å². The second kappa shape index (κ2) is 7.10. The third-order valence-corrected chi connectivity index (χ3v) is 4.26. The molecule has 1 aromatic carbocycles. The Morgan fingerprint density at radius 3 is 2.57 bits per heavy atom. The molecule has 0 fully saturated rings. The first-order valence-electron chi connectivity index (χ1n) is 6.67. The highest BCUT2D eigenvalue weighted by atomic mass is 32.1. The predicted molar refractivity (Wildman–Crippen MR) is 86.3 cm³/mol. The molecule has 0 atom stereocenters. The molecule has 0 aliphatic rings. The van der Waals surface area contributed by atoms with Gasteiger partial charge in [-0.15, -0.1) is 0 Å². The van der Waals surface area contributed by atoms with Gasteiger partial charge in [0.1, 0.15) is 11.5 Å². The van der Waals surface area contributed by atoms with Crippen LogP contribution in [0.15, 0.2) is 30.3 Å². The van der Waals surface area contributed by atoms with Crippen molar-refractivity contribution in [1.82, 2.24) is 4.90 Å². The topological polar surface area (TPSA) is 81.9 Å². The first kappa shape index (κ1) is 16.8. The number of carbonyl (C=O) groups excluding carboxylic acids is 1. The number of hydrogen-bond donors (Lipinski definition) is 0. The fourth-order valence-electron chi connectivity index (χ4n) is 2.04. The number of nitrogens with zero attached hydrogens (tertiary/aromatic N) is 2. The first-order chi connectivity index (χ1) is 11.0. The molecule has 0 saturated carbocycles. The molecule has 0 radical (unpaired) electrons. The van der Waals surface area contributed by atoms with E-state index in [0.717, 1.165) is 16.9 Å². The van der Waals surface area contributed by atoms with Crippen molar-refractivity contribution < 1.29 is 19.2 Å². The van der Waals surface area contributed by atoms with Crippen LogP contribution >= 0.6 is 11.3 Å². The summed E-state index contributed by atoms with van der Waals surface area (Å²) in [6.45, 7) is 0.317. The fourth-order valence-corrected chi connectivity index (χ4v) is 2.85. The molecule has 0 unspecified atom stereocenters. The second-order valence-electron chi connectivity index (χ2n) is 4.73. The van der Waals surface area contributed by atoms with Crippen LogP contribution in [-0.2, 0) is 6.54 Å². The SMILES string of the molecule is COc1ccc(CN(C)C(=O)c2ccc([N+](=O)[O-])s2)c(OC)c1. The van der Waals surface area contributed by atoms with E-state index in [1.165, 1.54) is 17.0 Å². The summed E-state index contributed by atoms with van der Waals surface area (Å²) >= 11 is 0.862. The lowest BCUT2D eigenvalue weighted by Gasteiger charge is -2.18. The molecule has 1 amide bonds. The number of nitro groups is 1. The fraction of sp³-hybridized carbons (Fsp3) is 0.267. The minimum Gasteiger partial charge on any atom is -0.497 e. The maximum atomic E-state index is 12.4. The monoisotopic (exact) mass is 336 g/mol. The van der Waals surface area contributed by atoms with Crippen LogP contribution in [0.1, 0.15) is 15.2 Å². The number of carbonyl (C=O) groups is 1. The van der Waals surface area contributed by atoms with Gasteiger partial charge in [-0.1, -0.05) is 11.3 Å². The van der Waals surface area contributed by atoms with Gasteiger partial charge in [0.15, 0.2) is 0 Å². The van der Waals surface area contributed by atoms with Crippen molar-refractivity contribution >= 4 is 22.2 Å². The maximum Gasteiger partial charge on any atom is 0.324 e. The van der Waals surface area contributed by atoms with Crippen molar-refractivity contribution in [3.8, 4) is 11.5 Å². The number of ether oxygens (including phenoxy) is 2. The summed E-state index contributed by atoms with van der Waals surface area (Å²) in [5.41, 5.74) is 0.815. The van der Waals surface area contributed by atoms with Gasteiger partial charge in [-0.25, -0.2) is 0 Å². The third-order valence-electron chi connectivity index (χ3n) is 3.23. The van der Waals surface area contributed by atoms with E-state index in [1.54, 1.807) is 33.4 Å². The number of hydrogen-bond acceptors (Lipinski definition) is 6. The molecule has 0 spiro atoms. The highest BCUT2D eigenvalue weighted by molar-refractivity contribution is 7.17. The van der Waals surface area contributed by atoms with Crippen LogP contribution in [0, 0.1) is 10.1 Å². The summed E-state index contributed by atoms with van der Waals surface area (Å²) < 4.78 is 10.4. The molecule has 23 heavy (non-hydrogen) atoms. The van der Waals surface area contributed by atoms with Gasteiger partial charge < -0.3 is 14.4 Å². The van der Waals surface area contributed by atoms with Gasteiger partial charge in [0.05, 0.1) is 24.0 Å². The summed E-state index contributed by atoms with van der Waals surface area (Å²) in [6, 6.07) is 8.14. The highest BCUT2D eigenvalue weighted by Gasteiger charge is 2.19. The van der Waals surface area contributed by atoms with Gasteiger partial charge in [0.25, 0.3) is 5.91 Å². The summed E-state index contributed by atoms with van der Waals surface area (Å²) in [6.07, 6.45) is 0. The molecule has 122 valence electrons. The summed E-state index contributed by atoms with van der Waals surface area (Å²) in [4.78, 5) is 24.4. The van der Waals surface area contributed by atoms with E-state index in [9.17, 15) is 14.9 Å². The van der Waals surface area contributed by atoms with Gasteiger partial charge >= 0.3 is 5.00 Å². The molecule has 8 heteroatoms. The molecule has 0 bridgehead atoms. The number of thiophene rings is 1. The molecular formula is C15H16N2O5S. The smallest absolute Gasteiger partial charge is 0.324 e. The number of rotatable bonds is 6. The summed E-state index contributed by atoms with van der Waals surface area (Å²) in [5, 5.41) is 10.7. The number of benzene rings is 1. The molecule has 0 saturated heterocycles. The lowest BCUT2D eigenvalue weighted by atomic mass is 10.1. The highest BCUT2D eigenvalue weighted by Crippen LogP contribution is 2.28. The van der Waals surface area contributed by atoms with E-state index in [4.69, 9.17) is 9.47 Å². The molecule has 2 aromatic rings. The third kappa shape index (κ3) is 3.78. The van der Waals surface area contributed by atoms with Gasteiger partial charge in [-0.2, -0.15) is 0 Å². The van der Waals surface area contributed by atoms with Crippen LogP contribution in [0.5, 0.6) is 11.5 Å². The Bertz CT molecular complexity index is 728. The molecule has 0 aliphatic heterocycles. The number of amides is 1. The largest absolute Gasteiger partial charge is 0.497 e. The molecule has 0 aliphatic carbocycles. The van der Waals surface area contributed by atoms with Crippen LogP contribution in [0.4, 0.5) is 5.00 Å². The Kier molecular flexibility index (Phi) is 5.17. The van der Waals surface area contributed by atoms with Crippen molar-refractivity contribution in [2.24, 2.45) is 0 Å². The van der Waals surface area contributed by atoms with Gasteiger partial charge in [0.2, 0.25) is 0 Å². The quantitative estimate of drug-likeness (QED) is 0.598. The average molecular weight is 336 g/mol. The van der Waals surface area contributed by atoms with E-state index in [0.29, 0.717) is 22.9 Å². The molecular weight excluding hydrogens is 320 g/mol. The minimum absolute atomic E-state index is 0.0521. The van der Waals surface area contributed by atoms with Gasteiger partial charge in [0, 0.05) is 31.3 Å². The van der Waals surface area contributed by atoms with Crippen LogP contribution in [0.25, 0.3) is 0 Å². The van der Waals surface area contributed by atoms with Crippen LogP contribution < -0.4 is 9.47 Å². The Hall–Kier alpha value is -2.61. The van der Waals surface area contributed by atoms with E-state index < -0.39 is 4.92 Å². The Morgan fingerprint density at radius 2 is 2.00 bits per heavy atom. The second-order valence-corrected chi connectivity index (χ2v) is 5.80. The van der Waals surface area contributed by atoms with Crippen molar-refractivity contribution in [3.05, 3.63) is 50.9 Å². The van der Waals surface area contributed by atoms with E-state index in [1.807, 2.05) is 6.07 Å². The van der Waals surface area contributed by atoms with Crippen molar-refractivity contribution in [3.63, 3.8) is 0 Å². The summed E-state index contributed by atoms with van der Waals surface area (Å²) in [5.74, 6) is 0.996. The molecule has 2 rings (SSSR count). The normalized spacial score (nSPS) is 10.2. The standard InChI is InChI=1S/C15H16N2O5S/c1-16(15(18)13-6-7-14(23-13)17(19)20)9-10-4-5-11(21-2)8-12(10)22-3/h4-8H,9H2,1-3H3. The van der Waals surface area contributed by atoms with Crippen LogP contribution in [0.3, 0.4) is 0 Å². The molecule has 0 N–H and O–H groups in total. The summed E-state index contributed by atoms with van der Waals surface area (Å²) in [7, 11) is 4.74. The maximum absolute atomic E-state index is 12.4. The van der Waals surface area contributed by atoms with Crippen molar-refractivity contribution in [2.45, 2.75) is 6.54 Å². The first-order valence-corrected chi connectivity index (χ1v) is 7.48. The minimum atomic E-state index is -0.506. The Labute approximate surface area is 137 Å². The van der Waals surface area contributed by atoms with E-state index in [2.05, 4.69) is 0 Å². The zero-order chi connectivity index (χ0) is 17.0. The average Bonchev–Trinajstić information content (AvgIpc) is 3.04. The molecule has 1 heterocycles. The lowest BCUT2D eigenvalue weighted by molar-refractivity contribution is -0.380. The van der Waals surface area contributed by atoms with Crippen LogP contribution in [0.2, 0.25) is 0 Å². The van der Waals surface area contributed by atoms with E-state index >= 15 is 0 Å². The Morgan fingerprint density at radius 1 is 1.26 bits per heavy atom. The predicted octanol–water partition coefficient (Wildman–Crippen LogP) is 2.95. The van der Waals surface area contributed by atoms with Crippen molar-refractivity contribution in [1.29, 1.82) is 0 Å². The van der Waals surface area contributed by atoms with Crippen LogP contribution in [-0.4, -0.2) is 37.0 Å². The Balaban J connectivity index is 2.15. The molecule has 7 nitrogen and oxygen atoms in total.